The number of rotatable bonds is 4. The van der Waals surface area contributed by atoms with Gasteiger partial charge < -0.3 is 14.8 Å². The maximum absolute atomic E-state index is 12.2. The normalized spacial score (nSPS) is 9.83. The summed E-state index contributed by atoms with van der Waals surface area (Å²) in [5.74, 6) is -1.50. The Labute approximate surface area is 132 Å². The number of ether oxygens (including phenoxy) is 2. The number of nitrogens with one attached hydrogen (secondary N) is 1. The van der Waals surface area contributed by atoms with Crippen LogP contribution >= 0.6 is 0 Å². The third-order valence-corrected chi connectivity index (χ3v) is 2.65. The molecule has 1 aromatic heterocycles. The maximum atomic E-state index is 12.2. The zero-order chi connectivity index (χ0) is 16.8. The molecule has 1 amide bonds. The molecule has 0 atom stereocenters. The molecule has 0 aliphatic carbocycles. The van der Waals surface area contributed by atoms with E-state index in [1.165, 1.54) is 32.0 Å². The summed E-state index contributed by atoms with van der Waals surface area (Å²) in [5.41, 5.74) is 0.817. The molecule has 0 spiro atoms. The summed E-state index contributed by atoms with van der Waals surface area (Å²) in [5, 5.41) is 2.67. The van der Waals surface area contributed by atoms with E-state index in [4.69, 9.17) is 9.47 Å². The fourth-order valence-electron chi connectivity index (χ4n) is 1.76. The number of nitrogens with zero attached hydrogens (tertiary/aromatic N) is 1. The predicted molar refractivity (Wildman–Crippen MR) is 81.3 cm³/mol. The largest absolute Gasteiger partial charge is 0.423 e. The van der Waals surface area contributed by atoms with Gasteiger partial charge in [0.15, 0.2) is 11.5 Å². The van der Waals surface area contributed by atoms with E-state index >= 15 is 0 Å². The van der Waals surface area contributed by atoms with Crippen LogP contribution in [0.15, 0.2) is 42.7 Å². The van der Waals surface area contributed by atoms with Crippen LogP contribution < -0.4 is 14.8 Å². The number of anilines is 1. The Bertz CT molecular complexity index is 743. The molecule has 1 heterocycles. The van der Waals surface area contributed by atoms with E-state index in [2.05, 4.69) is 10.3 Å². The third-order valence-electron chi connectivity index (χ3n) is 2.65. The minimum Gasteiger partial charge on any atom is -0.423 e. The Kier molecular flexibility index (Phi) is 5.03. The molecular weight excluding hydrogens is 300 g/mol. The lowest BCUT2D eigenvalue weighted by Gasteiger charge is -2.10. The molecule has 0 saturated heterocycles. The maximum Gasteiger partial charge on any atom is 0.308 e. The molecule has 2 aromatic rings. The first-order valence-electron chi connectivity index (χ1n) is 6.68. The Morgan fingerprint density at radius 3 is 2.13 bits per heavy atom. The summed E-state index contributed by atoms with van der Waals surface area (Å²) < 4.78 is 9.92. The first-order chi connectivity index (χ1) is 11.0. The number of benzene rings is 1. The van der Waals surface area contributed by atoms with E-state index in [1.807, 2.05) is 0 Å². The number of carbonyl (C=O) groups is 3. The smallest absolute Gasteiger partial charge is 0.308 e. The van der Waals surface area contributed by atoms with E-state index in [9.17, 15) is 14.4 Å². The quantitative estimate of drug-likeness (QED) is 0.686. The van der Waals surface area contributed by atoms with Gasteiger partial charge in [-0.25, -0.2) is 0 Å². The SMILES string of the molecule is CC(=O)Oc1ccc(C(=O)Nc2ccncc2)cc1OC(C)=O. The Morgan fingerprint density at radius 2 is 1.52 bits per heavy atom. The highest BCUT2D eigenvalue weighted by Gasteiger charge is 2.14. The van der Waals surface area contributed by atoms with Crippen molar-refractivity contribution in [1.82, 2.24) is 4.98 Å². The zero-order valence-electron chi connectivity index (χ0n) is 12.5. The van der Waals surface area contributed by atoms with Gasteiger partial charge in [0, 0.05) is 37.5 Å². The summed E-state index contributed by atoms with van der Waals surface area (Å²) in [6, 6.07) is 7.45. The van der Waals surface area contributed by atoms with Gasteiger partial charge in [-0.3, -0.25) is 19.4 Å². The molecule has 7 nitrogen and oxygen atoms in total. The second-order valence-electron chi connectivity index (χ2n) is 4.54. The van der Waals surface area contributed by atoms with Crippen LogP contribution in [-0.2, 0) is 9.59 Å². The van der Waals surface area contributed by atoms with Crippen LogP contribution in [0.1, 0.15) is 24.2 Å². The average Bonchev–Trinajstić information content (AvgIpc) is 2.49. The highest BCUT2D eigenvalue weighted by molar-refractivity contribution is 6.04. The number of aromatic nitrogens is 1. The summed E-state index contributed by atoms with van der Waals surface area (Å²) >= 11 is 0. The van der Waals surface area contributed by atoms with Crippen LogP contribution in [0.2, 0.25) is 0 Å². The number of esters is 2. The molecule has 0 fully saturated rings. The molecule has 0 saturated carbocycles. The van der Waals surface area contributed by atoms with Gasteiger partial charge in [-0.05, 0) is 30.3 Å². The summed E-state index contributed by atoms with van der Waals surface area (Å²) in [7, 11) is 0. The standard InChI is InChI=1S/C16H14N2O5/c1-10(19)22-14-4-3-12(9-15(14)23-11(2)20)16(21)18-13-5-7-17-8-6-13/h3-9H,1-2H3,(H,17,18,21). The lowest BCUT2D eigenvalue weighted by Crippen LogP contribution is -2.13. The lowest BCUT2D eigenvalue weighted by molar-refractivity contribution is -0.134. The Balaban J connectivity index is 2.26. The second-order valence-corrected chi connectivity index (χ2v) is 4.54. The van der Waals surface area contributed by atoms with Gasteiger partial charge in [0.25, 0.3) is 5.91 Å². The molecule has 0 unspecified atom stereocenters. The topological polar surface area (TPSA) is 94.6 Å². The van der Waals surface area contributed by atoms with E-state index in [0.29, 0.717) is 5.69 Å². The van der Waals surface area contributed by atoms with Crippen molar-refractivity contribution in [3.8, 4) is 11.5 Å². The van der Waals surface area contributed by atoms with Gasteiger partial charge in [0.1, 0.15) is 0 Å². The van der Waals surface area contributed by atoms with Crippen molar-refractivity contribution in [2.24, 2.45) is 0 Å². The van der Waals surface area contributed by atoms with Gasteiger partial charge in [0.05, 0.1) is 0 Å². The van der Waals surface area contributed by atoms with Crippen molar-refractivity contribution in [2.75, 3.05) is 5.32 Å². The average molecular weight is 314 g/mol. The van der Waals surface area contributed by atoms with Gasteiger partial charge in [0.2, 0.25) is 0 Å². The van der Waals surface area contributed by atoms with Gasteiger partial charge in [-0.1, -0.05) is 0 Å². The van der Waals surface area contributed by atoms with Crippen LogP contribution in [-0.4, -0.2) is 22.8 Å². The first kappa shape index (κ1) is 16.2. The van der Waals surface area contributed by atoms with Gasteiger partial charge >= 0.3 is 11.9 Å². The van der Waals surface area contributed by atoms with Gasteiger partial charge in [-0.2, -0.15) is 0 Å². The molecule has 1 N–H and O–H groups in total. The minimum absolute atomic E-state index is 0.00456. The highest BCUT2D eigenvalue weighted by Crippen LogP contribution is 2.29. The van der Waals surface area contributed by atoms with Crippen molar-refractivity contribution in [2.45, 2.75) is 13.8 Å². The summed E-state index contributed by atoms with van der Waals surface area (Å²) in [6.07, 6.45) is 3.09. The number of carbonyl (C=O) groups excluding carboxylic acids is 3. The number of pyridine rings is 1. The second kappa shape index (κ2) is 7.17. The molecule has 7 heteroatoms. The molecule has 2 rings (SSSR count). The summed E-state index contributed by atoms with van der Waals surface area (Å²) in [4.78, 5) is 38.3. The molecule has 0 aliphatic rings. The van der Waals surface area contributed by atoms with Crippen LogP contribution in [0.4, 0.5) is 5.69 Å². The molecule has 23 heavy (non-hydrogen) atoms. The number of amides is 1. The van der Waals surface area contributed by atoms with Crippen LogP contribution in [0.5, 0.6) is 11.5 Å². The molecular formula is C16H14N2O5. The van der Waals surface area contributed by atoms with Crippen molar-refractivity contribution < 1.29 is 23.9 Å². The van der Waals surface area contributed by atoms with Crippen LogP contribution in [0.3, 0.4) is 0 Å². The fraction of sp³-hybridized carbons (Fsp3) is 0.125. The van der Waals surface area contributed by atoms with Crippen LogP contribution in [0.25, 0.3) is 0 Å². The third kappa shape index (κ3) is 4.63. The number of hydrogen-bond acceptors (Lipinski definition) is 6. The monoisotopic (exact) mass is 314 g/mol. The predicted octanol–water partition coefficient (Wildman–Crippen LogP) is 2.18. The van der Waals surface area contributed by atoms with E-state index in [0.717, 1.165) is 0 Å². The minimum atomic E-state index is -0.593. The summed E-state index contributed by atoms with van der Waals surface area (Å²) in [6.45, 7) is 2.43. The van der Waals surface area contributed by atoms with Crippen molar-refractivity contribution in [1.29, 1.82) is 0 Å². The molecule has 0 aliphatic heterocycles. The van der Waals surface area contributed by atoms with Crippen molar-refractivity contribution in [3.05, 3.63) is 48.3 Å². The highest BCUT2D eigenvalue weighted by atomic mass is 16.6. The molecule has 0 radical (unpaired) electrons. The zero-order valence-corrected chi connectivity index (χ0v) is 12.5. The van der Waals surface area contributed by atoms with E-state index < -0.39 is 17.8 Å². The van der Waals surface area contributed by atoms with Gasteiger partial charge in [-0.15, -0.1) is 0 Å². The van der Waals surface area contributed by atoms with Crippen LogP contribution in [0, 0.1) is 0 Å². The Morgan fingerprint density at radius 1 is 0.913 bits per heavy atom. The van der Waals surface area contributed by atoms with E-state index in [1.54, 1.807) is 24.5 Å². The van der Waals surface area contributed by atoms with Crippen molar-refractivity contribution in [3.63, 3.8) is 0 Å². The molecule has 118 valence electrons. The Hall–Kier alpha value is -3.22. The fourth-order valence-corrected chi connectivity index (χ4v) is 1.76. The first-order valence-corrected chi connectivity index (χ1v) is 6.68. The van der Waals surface area contributed by atoms with Crippen molar-refractivity contribution >= 4 is 23.5 Å². The molecule has 0 bridgehead atoms. The lowest BCUT2D eigenvalue weighted by atomic mass is 10.2. The molecule has 1 aromatic carbocycles. The van der Waals surface area contributed by atoms with E-state index in [-0.39, 0.29) is 17.1 Å². The number of hydrogen-bond donors (Lipinski definition) is 1.